The topological polar surface area (TPSA) is 63.4 Å². The zero-order valence-electron chi connectivity index (χ0n) is 7.69. The Hall–Kier alpha value is -1.16. The summed E-state index contributed by atoms with van der Waals surface area (Å²) >= 11 is 0. The van der Waals surface area contributed by atoms with Gasteiger partial charge >= 0.3 is 0 Å². The first kappa shape index (κ1) is 9.92. The second-order valence-electron chi connectivity index (χ2n) is 3.25. The molecular weight excluding hydrogens is 168 g/mol. The Bertz CT molecular complexity index is 248. The van der Waals surface area contributed by atoms with Gasteiger partial charge in [-0.05, 0) is 19.5 Å². The molecule has 2 N–H and O–H groups in total. The Balaban J connectivity index is 2.70. The maximum atomic E-state index is 11.5. The average molecular weight is 182 g/mol. The molecule has 4 nitrogen and oxygen atoms in total. The summed E-state index contributed by atoms with van der Waals surface area (Å²) in [5.41, 5.74) is 5.42. The van der Waals surface area contributed by atoms with Crippen molar-refractivity contribution in [3.05, 3.63) is 12.8 Å². The Morgan fingerprint density at radius 3 is 2.85 bits per heavy atom. The first-order chi connectivity index (χ1) is 6.07. The number of carbonyl (C=O) groups is 2. The largest absolute Gasteiger partial charge is 0.322 e. The Morgan fingerprint density at radius 1 is 1.85 bits per heavy atom. The first-order valence-electron chi connectivity index (χ1n) is 4.30. The summed E-state index contributed by atoms with van der Waals surface area (Å²) < 4.78 is 0. The minimum Gasteiger partial charge on any atom is -0.322 e. The van der Waals surface area contributed by atoms with Crippen LogP contribution in [0.2, 0.25) is 0 Å². The van der Waals surface area contributed by atoms with Gasteiger partial charge in [0.05, 0.1) is 6.04 Å². The summed E-state index contributed by atoms with van der Waals surface area (Å²) in [6.45, 7) is 5.67. The van der Waals surface area contributed by atoms with Crippen LogP contribution in [0.25, 0.3) is 0 Å². The van der Waals surface area contributed by atoms with Crippen molar-refractivity contribution in [2.24, 2.45) is 11.7 Å². The number of rotatable bonds is 3. The van der Waals surface area contributed by atoms with E-state index < -0.39 is 12.0 Å². The molecule has 0 radical (unpaired) electrons. The van der Waals surface area contributed by atoms with E-state index in [2.05, 4.69) is 6.58 Å². The molecule has 1 aliphatic rings. The molecule has 0 bridgehead atoms. The third kappa shape index (κ3) is 1.78. The Morgan fingerprint density at radius 2 is 2.46 bits per heavy atom. The van der Waals surface area contributed by atoms with E-state index in [0.29, 0.717) is 13.0 Å². The SMILES string of the molecule is C=CN1CCC(C(=O)C(C)N)C1=O. The third-order valence-corrected chi connectivity index (χ3v) is 2.25. The predicted octanol–water partition coefficient (Wildman–Crippen LogP) is -0.105. The van der Waals surface area contributed by atoms with Gasteiger partial charge in [0.15, 0.2) is 5.78 Å². The molecule has 72 valence electrons. The molecule has 1 amide bonds. The number of likely N-dealkylation sites (tertiary alicyclic amines) is 1. The van der Waals surface area contributed by atoms with Crippen molar-refractivity contribution >= 4 is 11.7 Å². The van der Waals surface area contributed by atoms with E-state index in [1.54, 1.807) is 6.92 Å². The van der Waals surface area contributed by atoms with E-state index in [-0.39, 0.29) is 11.7 Å². The molecule has 0 aromatic rings. The highest BCUT2D eigenvalue weighted by molar-refractivity contribution is 6.04. The molecule has 1 aliphatic heterocycles. The summed E-state index contributed by atoms with van der Waals surface area (Å²) in [5, 5.41) is 0. The second kappa shape index (κ2) is 3.70. The van der Waals surface area contributed by atoms with Crippen molar-refractivity contribution in [2.75, 3.05) is 6.54 Å². The molecular formula is C9H14N2O2. The number of ketones is 1. The molecule has 1 saturated heterocycles. The standard InChI is InChI=1S/C9H14N2O2/c1-3-11-5-4-7(9(11)13)8(12)6(2)10/h3,6-7H,1,4-5,10H2,2H3. The lowest BCUT2D eigenvalue weighted by Crippen LogP contribution is -2.36. The van der Waals surface area contributed by atoms with Crippen LogP contribution in [0.4, 0.5) is 0 Å². The smallest absolute Gasteiger partial charge is 0.237 e. The number of hydrogen-bond acceptors (Lipinski definition) is 3. The van der Waals surface area contributed by atoms with Gasteiger partial charge in [-0.3, -0.25) is 9.59 Å². The molecule has 2 atom stereocenters. The fourth-order valence-corrected chi connectivity index (χ4v) is 1.46. The molecule has 4 heteroatoms. The fourth-order valence-electron chi connectivity index (χ4n) is 1.46. The first-order valence-corrected chi connectivity index (χ1v) is 4.30. The summed E-state index contributed by atoms with van der Waals surface area (Å²) in [4.78, 5) is 24.3. The van der Waals surface area contributed by atoms with E-state index in [4.69, 9.17) is 5.73 Å². The van der Waals surface area contributed by atoms with Gasteiger partial charge in [0.25, 0.3) is 0 Å². The summed E-state index contributed by atoms with van der Waals surface area (Å²) in [6, 6.07) is -0.557. The molecule has 13 heavy (non-hydrogen) atoms. The van der Waals surface area contributed by atoms with E-state index in [0.717, 1.165) is 0 Å². The molecule has 0 saturated carbocycles. The van der Waals surface area contributed by atoms with Crippen LogP contribution in [0.15, 0.2) is 12.8 Å². The molecule has 1 heterocycles. The third-order valence-electron chi connectivity index (χ3n) is 2.25. The molecule has 2 unspecified atom stereocenters. The number of Topliss-reactive ketones (excluding diaryl/α,β-unsaturated/α-hetero) is 1. The van der Waals surface area contributed by atoms with E-state index in [1.807, 2.05) is 0 Å². The fraction of sp³-hybridized carbons (Fsp3) is 0.556. The lowest BCUT2D eigenvalue weighted by molar-refractivity contribution is -0.135. The highest BCUT2D eigenvalue weighted by Gasteiger charge is 2.36. The average Bonchev–Trinajstić information content (AvgIpc) is 2.45. The van der Waals surface area contributed by atoms with Crippen molar-refractivity contribution in [1.82, 2.24) is 4.90 Å². The molecule has 0 aromatic carbocycles. The Kier molecular flexibility index (Phi) is 2.83. The van der Waals surface area contributed by atoms with Crippen molar-refractivity contribution in [3.63, 3.8) is 0 Å². The quantitative estimate of drug-likeness (QED) is 0.620. The second-order valence-corrected chi connectivity index (χ2v) is 3.25. The van der Waals surface area contributed by atoms with Gasteiger partial charge in [-0.25, -0.2) is 0 Å². The maximum absolute atomic E-state index is 11.5. The van der Waals surface area contributed by atoms with Crippen molar-refractivity contribution < 1.29 is 9.59 Å². The zero-order valence-corrected chi connectivity index (χ0v) is 7.69. The van der Waals surface area contributed by atoms with Gasteiger partial charge in [-0.2, -0.15) is 0 Å². The van der Waals surface area contributed by atoms with Crippen LogP contribution in [-0.4, -0.2) is 29.2 Å². The number of carbonyl (C=O) groups excluding carboxylic acids is 2. The van der Waals surface area contributed by atoms with E-state index >= 15 is 0 Å². The van der Waals surface area contributed by atoms with Gasteiger partial charge in [-0.15, -0.1) is 0 Å². The minimum atomic E-state index is -0.557. The van der Waals surface area contributed by atoms with Gasteiger partial charge in [0.1, 0.15) is 5.92 Å². The number of nitrogens with zero attached hydrogens (tertiary/aromatic N) is 1. The van der Waals surface area contributed by atoms with E-state index in [9.17, 15) is 9.59 Å². The van der Waals surface area contributed by atoms with Crippen molar-refractivity contribution in [2.45, 2.75) is 19.4 Å². The number of amides is 1. The Labute approximate surface area is 77.4 Å². The van der Waals surface area contributed by atoms with Crippen LogP contribution >= 0.6 is 0 Å². The zero-order chi connectivity index (χ0) is 10.0. The normalized spacial score (nSPS) is 24.6. The van der Waals surface area contributed by atoms with Crippen LogP contribution in [0.5, 0.6) is 0 Å². The van der Waals surface area contributed by atoms with Crippen LogP contribution in [-0.2, 0) is 9.59 Å². The van der Waals surface area contributed by atoms with Crippen molar-refractivity contribution in [3.8, 4) is 0 Å². The van der Waals surface area contributed by atoms with Crippen LogP contribution < -0.4 is 5.73 Å². The predicted molar refractivity (Wildman–Crippen MR) is 48.7 cm³/mol. The van der Waals surface area contributed by atoms with Crippen molar-refractivity contribution in [1.29, 1.82) is 0 Å². The summed E-state index contributed by atoms with van der Waals surface area (Å²) in [7, 11) is 0. The van der Waals surface area contributed by atoms with Gasteiger partial charge in [0.2, 0.25) is 5.91 Å². The molecule has 1 fully saturated rings. The summed E-state index contributed by atoms with van der Waals surface area (Å²) in [5.74, 6) is -0.885. The number of hydrogen-bond donors (Lipinski definition) is 1. The van der Waals surface area contributed by atoms with Crippen LogP contribution in [0.1, 0.15) is 13.3 Å². The molecule has 0 aromatic heterocycles. The molecule has 0 aliphatic carbocycles. The van der Waals surface area contributed by atoms with E-state index in [1.165, 1.54) is 11.1 Å². The number of nitrogens with two attached hydrogens (primary N) is 1. The lowest BCUT2D eigenvalue weighted by Gasteiger charge is -2.11. The molecule has 1 rings (SSSR count). The highest BCUT2D eigenvalue weighted by Crippen LogP contribution is 2.19. The van der Waals surface area contributed by atoms with Crippen LogP contribution in [0.3, 0.4) is 0 Å². The highest BCUT2D eigenvalue weighted by atomic mass is 16.2. The van der Waals surface area contributed by atoms with Gasteiger partial charge < -0.3 is 10.6 Å². The monoisotopic (exact) mass is 182 g/mol. The van der Waals surface area contributed by atoms with Gasteiger partial charge in [-0.1, -0.05) is 6.58 Å². The maximum Gasteiger partial charge on any atom is 0.237 e. The van der Waals surface area contributed by atoms with Gasteiger partial charge in [0, 0.05) is 6.54 Å². The summed E-state index contributed by atoms with van der Waals surface area (Å²) in [6.07, 6.45) is 2.02. The lowest BCUT2D eigenvalue weighted by atomic mass is 9.98. The molecule has 0 spiro atoms. The van der Waals surface area contributed by atoms with Crippen LogP contribution in [0, 0.1) is 5.92 Å². The minimum absolute atomic E-state index is 0.169.